The first-order chi connectivity index (χ1) is 9.56. The largest absolute Gasteiger partial charge is 0.383 e. The number of nitrogens with two attached hydrogens (primary N) is 1. The Hall–Kier alpha value is -0.970. The Morgan fingerprint density at radius 1 is 1.15 bits per heavy atom. The van der Waals surface area contributed by atoms with Crippen LogP contribution in [-0.2, 0) is 0 Å². The summed E-state index contributed by atoms with van der Waals surface area (Å²) >= 11 is 1.92. The van der Waals surface area contributed by atoms with Crippen LogP contribution < -0.4 is 11.1 Å². The van der Waals surface area contributed by atoms with E-state index < -0.39 is 0 Å². The molecule has 20 heavy (non-hydrogen) atoms. The average molecular weight is 296 g/mol. The van der Waals surface area contributed by atoms with Gasteiger partial charge in [0.15, 0.2) is 0 Å². The molecular formula is C15H28N4S. The van der Waals surface area contributed by atoms with Crippen LogP contribution in [0.1, 0.15) is 56.8 Å². The maximum absolute atomic E-state index is 5.95. The number of unbranched alkanes of at least 4 members (excludes halogenated alkanes) is 3. The molecule has 0 fully saturated rings. The second-order valence-corrected chi connectivity index (χ2v) is 6.41. The van der Waals surface area contributed by atoms with E-state index in [1.807, 2.05) is 18.7 Å². The summed E-state index contributed by atoms with van der Waals surface area (Å²) in [5.41, 5.74) is 6.91. The lowest BCUT2D eigenvalue weighted by atomic mass is 10.2. The van der Waals surface area contributed by atoms with Crippen LogP contribution >= 0.6 is 11.8 Å². The Morgan fingerprint density at radius 2 is 1.85 bits per heavy atom. The summed E-state index contributed by atoms with van der Waals surface area (Å²) in [5, 5.41) is 3.40. The van der Waals surface area contributed by atoms with E-state index in [2.05, 4.69) is 35.4 Å². The first-order valence-electron chi connectivity index (χ1n) is 7.43. The number of hydrogen-bond acceptors (Lipinski definition) is 5. The van der Waals surface area contributed by atoms with Crippen LogP contribution in [0.2, 0.25) is 0 Å². The molecule has 0 amide bonds. The molecule has 0 aliphatic rings. The molecule has 1 aromatic heterocycles. The lowest BCUT2D eigenvalue weighted by Crippen LogP contribution is -2.11. The Morgan fingerprint density at radius 3 is 2.50 bits per heavy atom. The van der Waals surface area contributed by atoms with Crippen molar-refractivity contribution in [1.29, 1.82) is 0 Å². The van der Waals surface area contributed by atoms with Gasteiger partial charge in [0.2, 0.25) is 0 Å². The van der Waals surface area contributed by atoms with E-state index in [1.54, 1.807) is 0 Å². The lowest BCUT2D eigenvalue weighted by Gasteiger charge is -2.13. The summed E-state index contributed by atoms with van der Waals surface area (Å²) in [6.45, 7) is 7.09. The van der Waals surface area contributed by atoms with Gasteiger partial charge in [-0.1, -0.05) is 26.7 Å². The smallest absolute Gasteiger partial charge is 0.135 e. The van der Waals surface area contributed by atoms with Crippen molar-refractivity contribution >= 4 is 23.4 Å². The third-order valence-electron chi connectivity index (χ3n) is 3.28. The maximum atomic E-state index is 5.95. The predicted molar refractivity (Wildman–Crippen MR) is 90.6 cm³/mol. The van der Waals surface area contributed by atoms with Crippen LogP contribution in [0.15, 0.2) is 0 Å². The van der Waals surface area contributed by atoms with Crippen LogP contribution in [-0.4, -0.2) is 28.5 Å². The number of thioether (sulfide) groups is 1. The molecule has 0 unspecified atom stereocenters. The zero-order valence-electron chi connectivity index (χ0n) is 13.2. The van der Waals surface area contributed by atoms with Gasteiger partial charge in [-0.25, -0.2) is 9.97 Å². The molecule has 0 bridgehead atoms. The third kappa shape index (κ3) is 5.57. The van der Waals surface area contributed by atoms with Gasteiger partial charge < -0.3 is 11.1 Å². The van der Waals surface area contributed by atoms with E-state index in [0.717, 1.165) is 23.8 Å². The average Bonchev–Trinajstić information content (AvgIpc) is 2.41. The van der Waals surface area contributed by atoms with Crippen molar-refractivity contribution in [2.75, 3.05) is 29.6 Å². The van der Waals surface area contributed by atoms with Crippen LogP contribution in [0.4, 0.5) is 11.6 Å². The molecule has 0 aliphatic carbocycles. The number of rotatable bonds is 9. The SMILES string of the molecule is CSCCCCCCNc1nc(C(C)C)nc(N)c1C. The van der Waals surface area contributed by atoms with Crippen molar-refractivity contribution in [2.45, 2.75) is 52.4 Å². The van der Waals surface area contributed by atoms with E-state index in [9.17, 15) is 0 Å². The standard InChI is InChI=1S/C15H28N4S/c1-11(2)14-18-13(16)12(3)15(19-14)17-9-7-5-6-8-10-20-4/h11H,5-10H2,1-4H3,(H3,16,17,18,19). The summed E-state index contributed by atoms with van der Waals surface area (Å²) in [4.78, 5) is 8.91. The molecule has 0 atom stereocenters. The van der Waals surface area contributed by atoms with Crippen molar-refractivity contribution in [2.24, 2.45) is 0 Å². The molecule has 0 aliphatic heterocycles. The molecule has 0 aromatic carbocycles. The molecule has 3 N–H and O–H groups in total. The summed E-state index contributed by atoms with van der Waals surface area (Å²) < 4.78 is 0. The van der Waals surface area contributed by atoms with Crippen molar-refractivity contribution < 1.29 is 0 Å². The molecule has 5 heteroatoms. The van der Waals surface area contributed by atoms with E-state index in [-0.39, 0.29) is 0 Å². The molecule has 0 radical (unpaired) electrons. The molecule has 0 saturated carbocycles. The lowest BCUT2D eigenvalue weighted by molar-refractivity contribution is 0.687. The quantitative estimate of drug-likeness (QED) is 0.678. The van der Waals surface area contributed by atoms with Crippen molar-refractivity contribution in [1.82, 2.24) is 9.97 Å². The topological polar surface area (TPSA) is 63.8 Å². The zero-order valence-corrected chi connectivity index (χ0v) is 14.0. The van der Waals surface area contributed by atoms with Gasteiger partial charge in [0.25, 0.3) is 0 Å². The van der Waals surface area contributed by atoms with Gasteiger partial charge in [0.05, 0.1) is 0 Å². The van der Waals surface area contributed by atoms with E-state index in [0.29, 0.717) is 11.7 Å². The van der Waals surface area contributed by atoms with Gasteiger partial charge in [0, 0.05) is 18.0 Å². The molecular weight excluding hydrogens is 268 g/mol. The first kappa shape index (κ1) is 17.1. The Kier molecular flexibility index (Phi) is 7.73. The fourth-order valence-corrected chi connectivity index (χ4v) is 2.41. The molecule has 4 nitrogen and oxygen atoms in total. The van der Waals surface area contributed by atoms with Crippen molar-refractivity contribution in [3.63, 3.8) is 0 Å². The Bertz CT molecular complexity index is 407. The van der Waals surface area contributed by atoms with E-state index >= 15 is 0 Å². The molecule has 114 valence electrons. The number of anilines is 2. The predicted octanol–water partition coefficient (Wildman–Crippen LogP) is 3.83. The van der Waals surface area contributed by atoms with Crippen LogP contribution in [0, 0.1) is 6.92 Å². The Labute approximate surface area is 127 Å². The van der Waals surface area contributed by atoms with Crippen LogP contribution in [0.3, 0.4) is 0 Å². The van der Waals surface area contributed by atoms with E-state index in [1.165, 1.54) is 31.4 Å². The highest BCUT2D eigenvalue weighted by Crippen LogP contribution is 2.20. The molecule has 1 aromatic rings. The van der Waals surface area contributed by atoms with Gasteiger partial charge >= 0.3 is 0 Å². The van der Waals surface area contributed by atoms with E-state index in [4.69, 9.17) is 5.73 Å². The van der Waals surface area contributed by atoms with Crippen LogP contribution in [0.25, 0.3) is 0 Å². The summed E-state index contributed by atoms with van der Waals surface area (Å²) in [6, 6.07) is 0. The third-order valence-corrected chi connectivity index (χ3v) is 3.98. The minimum atomic E-state index is 0.296. The van der Waals surface area contributed by atoms with Crippen LogP contribution in [0.5, 0.6) is 0 Å². The minimum Gasteiger partial charge on any atom is -0.383 e. The highest BCUT2D eigenvalue weighted by molar-refractivity contribution is 7.98. The maximum Gasteiger partial charge on any atom is 0.135 e. The fraction of sp³-hybridized carbons (Fsp3) is 0.733. The van der Waals surface area contributed by atoms with Gasteiger partial charge in [-0.15, -0.1) is 0 Å². The molecule has 1 rings (SSSR count). The number of nitrogen functional groups attached to an aromatic ring is 1. The first-order valence-corrected chi connectivity index (χ1v) is 8.82. The van der Waals surface area contributed by atoms with Gasteiger partial charge in [-0.05, 0) is 31.8 Å². The number of nitrogens with one attached hydrogen (secondary N) is 1. The summed E-state index contributed by atoms with van der Waals surface area (Å²) in [6.07, 6.45) is 7.23. The zero-order chi connectivity index (χ0) is 15.0. The second kappa shape index (κ2) is 9.06. The second-order valence-electron chi connectivity index (χ2n) is 5.43. The number of aromatic nitrogens is 2. The molecule has 1 heterocycles. The fourth-order valence-electron chi connectivity index (χ4n) is 1.91. The van der Waals surface area contributed by atoms with Crippen molar-refractivity contribution in [3.05, 3.63) is 11.4 Å². The molecule has 0 spiro atoms. The van der Waals surface area contributed by atoms with Crippen molar-refractivity contribution in [3.8, 4) is 0 Å². The number of hydrogen-bond donors (Lipinski definition) is 2. The normalized spacial score (nSPS) is 11.1. The van der Waals surface area contributed by atoms with Gasteiger partial charge in [-0.3, -0.25) is 0 Å². The Balaban J connectivity index is 2.43. The minimum absolute atomic E-state index is 0.296. The van der Waals surface area contributed by atoms with Gasteiger partial charge in [-0.2, -0.15) is 11.8 Å². The van der Waals surface area contributed by atoms with Gasteiger partial charge in [0.1, 0.15) is 17.5 Å². The molecule has 0 saturated heterocycles. The summed E-state index contributed by atoms with van der Waals surface area (Å²) in [5.74, 6) is 3.87. The number of nitrogens with zero attached hydrogens (tertiary/aromatic N) is 2. The summed E-state index contributed by atoms with van der Waals surface area (Å²) in [7, 11) is 0. The highest BCUT2D eigenvalue weighted by Gasteiger charge is 2.10. The monoisotopic (exact) mass is 296 g/mol. The highest BCUT2D eigenvalue weighted by atomic mass is 32.2.